The molecule has 0 spiro atoms. The van der Waals surface area contributed by atoms with E-state index in [1.54, 1.807) is 6.20 Å². The molecule has 0 amide bonds. The Balaban J connectivity index is 1.36. The van der Waals surface area contributed by atoms with Crippen molar-refractivity contribution in [2.75, 3.05) is 26.3 Å². The fraction of sp³-hybridized carbons (Fsp3) is 0.630. The summed E-state index contributed by atoms with van der Waals surface area (Å²) in [4.78, 5) is 0. The second-order valence-corrected chi connectivity index (χ2v) is 12.7. The van der Waals surface area contributed by atoms with E-state index in [2.05, 4.69) is 15.6 Å². The van der Waals surface area contributed by atoms with E-state index in [4.69, 9.17) is 21.1 Å². The molecule has 4 heterocycles. The van der Waals surface area contributed by atoms with Gasteiger partial charge in [-0.2, -0.15) is 0 Å². The van der Waals surface area contributed by atoms with Gasteiger partial charge in [0.15, 0.2) is 17.5 Å². The SMILES string of the molecule is N/C(=C\N(N)C1C(O)C(CO)OC(SC2OC(CO)C(O)C(n3cc(C4CCNCC4)nn3)C2O)C1O)c1cc(F)c(F)c(F)c1. The van der Waals surface area contributed by atoms with E-state index in [9.17, 15) is 43.8 Å². The molecule has 11 N–H and O–H groups in total. The number of nitrogens with one attached hydrogen (secondary N) is 1. The van der Waals surface area contributed by atoms with Crippen molar-refractivity contribution >= 4 is 17.5 Å². The lowest BCUT2D eigenvalue weighted by Gasteiger charge is -2.47. The van der Waals surface area contributed by atoms with Crippen LogP contribution in [-0.4, -0.2) is 130 Å². The number of rotatable bonds is 9. The fourth-order valence-corrected chi connectivity index (χ4v) is 7.26. The fourth-order valence-electron chi connectivity index (χ4n) is 5.94. The third kappa shape index (κ3) is 6.99. The minimum atomic E-state index is -1.70. The summed E-state index contributed by atoms with van der Waals surface area (Å²) in [5, 5.41) is 76.9. The molecule has 3 aliphatic rings. The highest BCUT2D eigenvalue weighted by Gasteiger charge is 2.51. The van der Waals surface area contributed by atoms with Crippen LogP contribution < -0.4 is 16.9 Å². The molecular weight excluding hydrogens is 639 g/mol. The van der Waals surface area contributed by atoms with Crippen LogP contribution in [0.15, 0.2) is 24.5 Å². The smallest absolute Gasteiger partial charge is 0.194 e. The van der Waals surface area contributed by atoms with Crippen LogP contribution in [0, 0.1) is 17.5 Å². The number of thioether (sulfide) groups is 1. The third-order valence-electron chi connectivity index (χ3n) is 8.51. The van der Waals surface area contributed by atoms with E-state index in [0.717, 1.165) is 48.9 Å². The van der Waals surface area contributed by atoms with Gasteiger partial charge in [0, 0.05) is 23.9 Å². The normalized spacial score (nSPS) is 34.5. The summed E-state index contributed by atoms with van der Waals surface area (Å²) in [5.41, 5.74) is 3.42. The third-order valence-corrected chi connectivity index (χ3v) is 9.82. The van der Waals surface area contributed by atoms with Gasteiger partial charge < -0.3 is 56.2 Å². The second kappa shape index (κ2) is 14.7. The van der Waals surface area contributed by atoms with Crippen molar-refractivity contribution in [1.82, 2.24) is 25.3 Å². The number of ether oxygens (including phenoxy) is 2. The lowest BCUT2D eigenvalue weighted by Crippen LogP contribution is -2.65. The Morgan fingerprint density at radius 2 is 1.57 bits per heavy atom. The molecule has 10 unspecified atom stereocenters. The highest BCUT2D eigenvalue weighted by atomic mass is 32.2. The van der Waals surface area contributed by atoms with E-state index in [1.807, 2.05) is 0 Å². The van der Waals surface area contributed by atoms with E-state index < -0.39 is 90.2 Å². The predicted octanol–water partition coefficient (Wildman–Crippen LogP) is -2.18. The van der Waals surface area contributed by atoms with Crippen molar-refractivity contribution in [2.24, 2.45) is 11.6 Å². The first-order chi connectivity index (χ1) is 21.9. The van der Waals surface area contributed by atoms with Gasteiger partial charge in [-0.05, 0) is 38.1 Å². The number of nitrogens with two attached hydrogens (primary N) is 2. The molecule has 3 saturated heterocycles. The number of hydrogen-bond donors (Lipinski definition) is 9. The maximum Gasteiger partial charge on any atom is 0.194 e. The number of halogens is 3. The summed E-state index contributed by atoms with van der Waals surface area (Å²) in [6, 6.07) is -1.28. The Kier molecular flexibility index (Phi) is 11.1. The minimum absolute atomic E-state index is 0.135. The quantitative estimate of drug-likeness (QED) is 0.0779. The average molecular weight is 678 g/mol. The standard InChI is InChI=1S/C27H38F3N7O8S/c28-13-5-12(6-14(29)19(13)30)15(31)7-36(32)20-22(40)17(9-38)44-26(24(20)42)46-27-25(43)21(23(41)18(10-39)45-27)37-8-16(34-35-37)11-1-3-33-4-2-11/h5-8,11,17-18,20-27,33,38-43H,1-4,9-10,31-32H2/b15-7-. The highest BCUT2D eigenvalue weighted by Crippen LogP contribution is 2.40. The molecule has 0 saturated carbocycles. The van der Waals surface area contributed by atoms with Crippen LogP contribution in [0.25, 0.3) is 5.70 Å². The lowest BCUT2D eigenvalue weighted by atomic mass is 9.94. The van der Waals surface area contributed by atoms with Crippen molar-refractivity contribution in [3.05, 3.63) is 53.2 Å². The number of aliphatic hydroxyl groups excluding tert-OH is 6. The lowest BCUT2D eigenvalue weighted by molar-refractivity contribution is -0.191. The highest BCUT2D eigenvalue weighted by molar-refractivity contribution is 8.00. The topological polar surface area (TPSA) is 238 Å². The zero-order valence-electron chi connectivity index (χ0n) is 24.4. The molecule has 0 bridgehead atoms. The van der Waals surface area contributed by atoms with Crippen LogP contribution in [0.4, 0.5) is 13.2 Å². The first kappa shape index (κ1) is 34.8. The van der Waals surface area contributed by atoms with E-state index >= 15 is 0 Å². The van der Waals surface area contributed by atoms with E-state index in [-0.39, 0.29) is 17.2 Å². The molecule has 0 aliphatic carbocycles. The van der Waals surface area contributed by atoms with Crippen LogP contribution in [0.2, 0.25) is 0 Å². The number of benzene rings is 1. The van der Waals surface area contributed by atoms with Crippen molar-refractivity contribution in [3.8, 4) is 0 Å². The van der Waals surface area contributed by atoms with Gasteiger partial charge in [0.2, 0.25) is 0 Å². The molecule has 2 aromatic rings. The Morgan fingerprint density at radius 3 is 2.17 bits per heavy atom. The summed E-state index contributed by atoms with van der Waals surface area (Å²) in [7, 11) is 0. The molecule has 3 aliphatic heterocycles. The Bertz CT molecular complexity index is 1350. The van der Waals surface area contributed by atoms with Gasteiger partial charge in [-0.15, -0.1) is 5.10 Å². The molecule has 3 fully saturated rings. The molecule has 5 rings (SSSR count). The number of nitrogens with zero attached hydrogens (tertiary/aromatic N) is 4. The average Bonchev–Trinajstić information content (AvgIpc) is 3.52. The van der Waals surface area contributed by atoms with Gasteiger partial charge in [0.05, 0.1) is 24.6 Å². The summed E-state index contributed by atoms with van der Waals surface area (Å²) >= 11 is 0.742. The number of aromatic nitrogens is 3. The number of hydrogen-bond acceptors (Lipinski definition) is 15. The monoisotopic (exact) mass is 677 g/mol. The second-order valence-electron chi connectivity index (χ2n) is 11.5. The molecule has 15 nitrogen and oxygen atoms in total. The number of hydrazine groups is 1. The molecule has 19 heteroatoms. The Morgan fingerprint density at radius 1 is 0.978 bits per heavy atom. The van der Waals surface area contributed by atoms with Crippen molar-refractivity contribution < 1.29 is 53.3 Å². The summed E-state index contributed by atoms with van der Waals surface area (Å²) in [6.07, 6.45) is -4.39. The first-order valence-corrected chi connectivity index (χ1v) is 15.6. The summed E-state index contributed by atoms with van der Waals surface area (Å²) in [6.45, 7) is 0.268. The maximum atomic E-state index is 13.8. The molecule has 256 valence electrons. The van der Waals surface area contributed by atoms with Gasteiger partial charge in [-0.3, -0.25) is 0 Å². The van der Waals surface area contributed by atoms with Crippen molar-refractivity contribution in [3.63, 3.8) is 0 Å². The van der Waals surface area contributed by atoms with Crippen LogP contribution in [-0.2, 0) is 9.47 Å². The molecular formula is C27H38F3N7O8S. The van der Waals surface area contributed by atoms with Crippen LogP contribution in [0.1, 0.15) is 36.1 Å². The van der Waals surface area contributed by atoms with Gasteiger partial charge in [0.1, 0.15) is 59.6 Å². The van der Waals surface area contributed by atoms with Crippen molar-refractivity contribution in [2.45, 2.75) is 78.3 Å². The zero-order chi connectivity index (χ0) is 33.3. The van der Waals surface area contributed by atoms with E-state index in [1.165, 1.54) is 4.68 Å². The molecule has 1 aromatic heterocycles. The summed E-state index contributed by atoms with van der Waals surface area (Å²) in [5.74, 6) is 1.56. The summed E-state index contributed by atoms with van der Waals surface area (Å²) < 4.78 is 53.8. The Hall–Kier alpha value is -2.56. The molecule has 0 radical (unpaired) electrons. The molecule has 10 atom stereocenters. The Labute approximate surface area is 265 Å². The van der Waals surface area contributed by atoms with Gasteiger partial charge in [-0.25, -0.2) is 23.7 Å². The molecule has 46 heavy (non-hydrogen) atoms. The minimum Gasteiger partial charge on any atom is -0.397 e. The molecule has 1 aromatic carbocycles. The van der Waals surface area contributed by atoms with E-state index in [0.29, 0.717) is 17.8 Å². The van der Waals surface area contributed by atoms with Gasteiger partial charge >= 0.3 is 0 Å². The predicted molar refractivity (Wildman–Crippen MR) is 155 cm³/mol. The van der Waals surface area contributed by atoms with Crippen molar-refractivity contribution in [1.29, 1.82) is 0 Å². The number of aliphatic hydroxyl groups is 6. The maximum absolute atomic E-state index is 13.8. The largest absolute Gasteiger partial charge is 0.397 e. The zero-order valence-corrected chi connectivity index (χ0v) is 25.2. The van der Waals surface area contributed by atoms with Crippen LogP contribution >= 0.6 is 11.8 Å². The van der Waals surface area contributed by atoms with Crippen LogP contribution in [0.3, 0.4) is 0 Å². The van der Waals surface area contributed by atoms with Gasteiger partial charge in [-0.1, -0.05) is 17.0 Å². The first-order valence-electron chi connectivity index (χ1n) is 14.6. The number of piperidine rings is 1. The van der Waals surface area contributed by atoms with Crippen LogP contribution in [0.5, 0.6) is 0 Å². The van der Waals surface area contributed by atoms with Gasteiger partial charge in [0.25, 0.3) is 0 Å².